The monoisotopic (exact) mass is 318 g/mol. The van der Waals surface area contributed by atoms with Crippen LogP contribution >= 0.6 is 0 Å². The zero-order valence-electron chi connectivity index (χ0n) is 13.3. The average Bonchev–Trinajstić information content (AvgIpc) is 2.92. The first-order chi connectivity index (χ1) is 11.1. The van der Waals surface area contributed by atoms with Crippen LogP contribution in [-0.4, -0.2) is 29.3 Å². The van der Waals surface area contributed by atoms with E-state index in [-0.39, 0.29) is 42.6 Å². The Morgan fingerprint density at radius 1 is 1.22 bits per heavy atom. The summed E-state index contributed by atoms with van der Waals surface area (Å²) in [7, 11) is 0. The van der Waals surface area contributed by atoms with Crippen LogP contribution < -0.4 is 5.32 Å². The molecule has 1 heterocycles. The summed E-state index contributed by atoms with van der Waals surface area (Å²) in [4.78, 5) is 26.1. The van der Waals surface area contributed by atoms with E-state index in [1.807, 2.05) is 0 Å². The maximum absolute atomic E-state index is 13.7. The van der Waals surface area contributed by atoms with E-state index in [2.05, 4.69) is 5.32 Å². The summed E-state index contributed by atoms with van der Waals surface area (Å²) >= 11 is 0. The summed E-state index contributed by atoms with van der Waals surface area (Å²) in [5.74, 6) is -0.718. The predicted molar refractivity (Wildman–Crippen MR) is 84.9 cm³/mol. The average molecular weight is 318 g/mol. The van der Waals surface area contributed by atoms with Gasteiger partial charge in [0.1, 0.15) is 5.82 Å². The van der Waals surface area contributed by atoms with Crippen LogP contribution in [0.1, 0.15) is 44.1 Å². The van der Waals surface area contributed by atoms with Crippen LogP contribution in [0.2, 0.25) is 0 Å². The zero-order valence-corrected chi connectivity index (χ0v) is 13.3. The van der Waals surface area contributed by atoms with Crippen molar-refractivity contribution in [2.45, 2.75) is 51.1 Å². The quantitative estimate of drug-likeness (QED) is 0.928. The maximum Gasteiger partial charge on any atom is 0.225 e. The second-order valence-electron chi connectivity index (χ2n) is 6.61. The van der Waals surface area contributed by atoms with Gasteiger partial charge in [0.15, 0.2) is 0 Å². The Balaban J connectivity index is 1.56. The molecular formula is C18H23FN2O2. The Labute approximate surface area is 136 Å². The van der Waals surface area contributed by atoms with Crippen molar-refractivity contribution >= 4 is 11.8 Å². The lowest BCUT2D eigenvalue weighted by molar-refractivity contribution is -0.129. The molecule has 1 atom stereocenters. The summed E-state index contributed by atoms with van der Waals surface area (Å²) in [6.07, 6.45) is 5.86. The van der Waals surface area contributed by atoms with Crippen LogP contribution in [-0.2, 0) is 16.1 Å². The molecule has 0 spiro atoms. The van der Waals surface area contributed by atoms with Crippen LogP contribution in [0, 0.1) is 11.7 Å². The van der Waals surface area contributed by atoms with E-state index in [4.69, 9.17) is 0 Å². The molecular weight excluding hydrogens is 295 g/mol. The lowest BCUT2D eigenvalue weighted by Gasteiger charge is -2.24. The van der Waals surface area contributed by atoms with Crippen LogP contribution in [0.15, 0.2) is 24.3 Å². The van der Waals surface area contributed by atoms with Gasteiger partial charge in [0.2, 0.25) is 11.8 Å². The number of halogens is 1. The molecule has 1 aliphatic heterocycles. The van der Waals surface area contributed by atoms with Crippen LogP contribution in [0.25, 0.3) is 0 Å². The van der Waals surface area contributed by atoms with E-state index in [9.17, 15) is 14.0 Å². The largest absolute Gasteiger partial charge is 0.353 e. The first kappa shape index (κ1) is 16.0. The third kappa shape index (κ3) is 3.89. The topological polar surface area (TPSA) is 49.4 Å². The summed E-state index contributed by atoms with van der Waals surface area (Å²) < 4.78 is 13.7. The van der Waals surface area contributed by atoms with Crippen molar-refractivity contribution in [1.82, 2.24) is 10.2 Å². The minimum atomic E-state index is -0.310. The smallest absolute Gasteiger partial charge is 0.225 e. The zero-order chi connectivity index (χ0) is 16.2. The fraction of sp³-hybridized carbons (Fsp3) is 0.556. The number of nitrogens with one attached hydrogen (secondary N) is 1. The van der Waals surface area contributed by atoms with E-state index < -0.39 is 0 Å². The molecule has 1 saturated heterocycles. The minimum absolute atomic E-state index is 0.0266. The van der Waals surface area contributed by atoms with Crippen molar-refractivity contribution in [3.05, 3.63) is 35.6 Å². The second kappa shape index (κ2) is 7.11. The molecule has 5 heteroatoms. The molecule has 124 valence electrons. The molecule has 4 nitrogen and oxygen atoms in total. The highest BCUT2D eigenvalue weighted by molar-refractivity contribution is 5.89. The van der Waals surface area contributed by atoms with Gasteiger partial charge in [-0.1, -0.05) is 37.5 Å². The lowest BCUT2D eigenvalue weighted by atomic mass is 9.95. The van der Waals surface area contributed by atoms with Crippen molar-refractivity contribution < 1.29 is 14.0 Å². The van der Waals surface area contributed by atoms with Crippen molar-refractivity contribution in [3.63, 3.8) is 0 Å². The third-order valence-corrected chi connectivity index (χ3v) is 4.86. The fourth-order valence-electron chi connectivity index (χ4n) is 3.50. The van der Waals surface area contributed by atoms with Crippen molar-refractivity contribution in [3.8, 4) is 0 Å². The Kier molecular flexibility index (Phi) is 4.94. The Morgan fingerprint density at radius 2 is 1.96 bits per heavy atom. The van der Waals surface area contributed by atoms with Gasteiger partial charge in [0.25, 0.3) is 0 Å². The lowest BCUT2D eigenvalue weighted by Crippen LogP contribution is -2.40. The number of carbonyl (C=O) groups is 2. The highest BCUT2D eigenvalue weighted by atomic mass is 19.1. The van der Waals surface area contributed by atoms with Gasteiger partial charge in [-0.15, -0.1) is 0 Å². The molecule has 0 radical (unpaired) electrons. The Hall–Kier alpha value is -1.91. The summed E-state index contributed by atoms with van der Waals surface area (Å²) in [5, 5.41) is 3.09. The molecule has 1 saturated carbocycles. The van der Waals surface area contributed by atoms with Crippen LogP contribution in [0.3, 0.4) is 0 Å². The second-order valence-corrected chi connectivity index (χ2v) is 6.61. The first-order valence-corrected chi connectivity index (χ1v) is 8.45. The number of rotatable bonds is 4. The molecule has 1 aromatic carbocycles. The summed E-state index contributed by atoms with van der Waals surface area (Å²) in [6.45, 7) is 0.616. The van der Waals surface area contributed by atoms with E-state index >= 15 is 0 Å². The highest BCUT2D eigenvalue weighted by Gasteiger charge is 2.35. The molecule has 0 aromatic heterocycles. The van der Waals surface area contributed by atoms with Crippen molar-refractivity contribution in [2.75, 3.05) is 6.54 Å². The molecule has 23 heavy (non-hydrogen) atoms. The summed E-state index contributed by atoms with van der Waals surface area (Å²) in [6, 6.07) is 6.71. The Bertz CT molecular complexity index is 584. The van der Waals surface area contributed by atoms with Gasteiger partial charge in [-0.3, -0.25) is 9.59 Å². The molecule has 1 aliphatic carbocycles. The molecule has 1 unspecified atom stereocenters. The van der Waals surface area contributed by atoms with E-state index in [0.717, 1.165) is 25.7 Å². The van der Waals surface area contributed by atoms with Crippen LogP contribution in [0.4, 0.5) is 4.39 Å². The van der Waals surface area contributed by atoms with Gasteiger partial charge in [-0.05, 0) is 18.9 Å². The highest BCUT2D eigenvalue weighted by Crippen LogP contribution is 2.23. The normalized spacial score (nSPS) is 22.4. The number of likely N-dealkylation sites (tertiary alicyclic amines) is 1. The SMILES string of the molecule is O=C(NC1CCCCC1)C1CC(=O)N(Cc2ccccc2F)C1. The first-order valence-electron chi connectivity index (χ1n) is 8.45. The molecule has 2 fully saturated rings. The van der Waals surface area contributed by atoms with Gasteiger partial charge >= 0.3 is 0 Å². The molecule has 1 aromatic rings. The molecule has 3 rings (SSSR count). The third-order valence-electron chi connectivity index (χ3n) is 4.86. The predicted octanol–water partition coefficient (Wildman–Crippen LogP) is 2.62. The molecule has 2 aliphatic rings. The van der Waals surface area contributed by atoms with E-state index in [1.165, 1.54) is 12.5 Å². The standard InChI is InChI=1S/C18H23FN2O2/c19-16-9-5-4-6-13(16)11-21-12-14(10-17(21)22)18(23)20-15-7-2-1-3-8-15/h4-6,9,14-15H,1-3,7-8,10-12H2,(H,20,23). The Morgan fingerprint density at radius 3 is 2.70 bits per heavy atom. The number of hydrogen-bond acceptors (Lipinski definition) is 2. The molecule has 1 N–H and O–H groups in total. The van der Waals surface area contributed by atoms with Crippen molar-refractivity contribution in [2.24, 2.45) is 5.92 Å². The number of carbonyl (C=O) groups excluding carboxylic acids is 2. The number of benzene rings is 1. The van der Waals surface area contributed by atoms with Gasteiger partial charge in [-0.25, -0.2) is 4.39 Å². The van der Waals surface area contributed by atoms with Gasteiger partial charge in [-0.2, -0.15) is 0 Å². The number of hydrogen-bond donors (Lipinski definition) is 1. The van der Waals surface area contributed by atoms with E-state index in [1.54, 1.807) is 23.1 Å². The van der Waals surface area contributed by atoms with Crippen molar-refractivity contribution in [1.29, 1.82) is 0 Å². The number of nitrogens with zero attached hydrogens (tertiary/aromatic N) is 1. The van der Waals surface area contributed by atoms with Gasteiger partial charge < -0.3 is 10.2 Å². The molecule has 2 amide bonds. The van der Waals surface area contributed by atoms with Gasteiger partial charge in [0, 0.05) is 31.1 Å². The molecule has 0 bridgehead atoms. The van der Waals surface area contributed by atoms with Crippen LogP contribution in [0.5, 0.6) is 0 Å². The fourth-order valence-corrected chi connectivity index (χ4v) is 3.50. The maximum atomic E-state index is 13.7. The van der Waals surface area contributed by atoms with Gasteiger partial charge in [0.05, 0.1) is 5.92 Å². The van der Waals surface area contributed by atoms with E-state index in [0.29, 0.717) is 12.1 Å². The summed E-state index contributed by atoms with van der Waals surface area (Å²) in [5.41, 5.74) is 0.495. The number of amides is 2. The minimum Gasteiger partial charge on any atom is -0.353 e.